The van der Waals surface area contributed by atoms with Crippen LogP contribution in [0.2, 0.25) is 0 Å². The monoisotopic (exact) mass is 308 g/mol. The van der Waals surface area contributed by atoms with Gasteiger partial charge in [-0.25, -0.2) is 0 Å². The highest BCUT2D eigenvalue weighted by atomic mass is 16.3. The van der Waals surface area contributed by atoms with E-state index in [4.69, 9.17) is 4.42 Å². The minimum absolute atomic E-state index is 0.0243. The van der Waals surface area contributed by atoms with Crippen LogP contribution in [-0.4, -0.2) is 71.4 Å². The SMILES string of the molecule is O=C(c1ccoc1)N1C[C@@H](CN2CCC(O)CC2)[C@@H](CO)C1. The summed E-state index contributed by atoms with van der Waals surface area (Å²) < 4.78 is 4.98. The number of nitrogens with zero attached hydrogens (tertiary/aromatic N) is 2. The average molecular weight is 308 g/mol. The number of rotatable bonds is 4. The molecular weight excluding hydrogens is 284 g/mol. The summed E-state index contributed by atoms with van der Waals surface area (Å²) in [5, 5.41) is 19.2. The Morgan fingerprint density at radius 1 is 1.27 bits per heavy atom. The molecule has 0 spiro atoms. The summed E-state index contributed by atoms with van der Waals surface area (Å²) in [5.74, 6) is 0.391. The van der Waals surface area contributed by atoms with Crippen molar-refractivity contribution in [1.29, 1.82) is 0 Å². The number of furan rings is 1. The van der Waals surface area contributed by atoms with E-state index in [2.05, 4.69) is 4.90 Å². The maximum Gasteiger partial charge on any atom is 0.257 e. The quantitative estimate of drug-likeness (QED) is 0.843. The second kappa shape index (κ2) is 6.81. The molecule has 3 rings (SSSR count). The lowest BCUT2D eigenvalue weighted by atomic mass is 9.95. The fourth-order valence-corrected chi connectivity index (χ4v) is 3.52. The highest BCUT2D eigenvalue weighted by Crippen LogP contribution is 2.26. The lowest BCUT2D eigenvalue weighted by molar-refractivity contribution is 0.0679. The van der Waals surface area contributed by atoms with Crippen LogP contribution >= 0.6 is 0 Å². The van der Waals surface area contributed by atoms with E-state index in [0.29, 0.717) is 18.7 Å². The summed E-state index contributed by atoms with van der Waals surface area (Å²) in [6.07, 6.45) is 4.43. The summed E-state index contributed by atoms with van der Waals surface area (Å²) in [5.41, 5.74) is 0.568. The van der Waals surface area contributed by atoms with Crippen molar-refractivity contribution in [3.63, 3.8) is 0 Å². The van der Waals surface area contributed by atoms with Crippen LogP contribution in [0.3, 0.4) is 0 Å². The predicted octanol–water partition coefficient (Wildman–Crippen LogP) is 0.417. The van der Waals surface area contributed by atoms with Crippen LogP contribution in [0.25, 0.3) is 0 Å². The number of amides is 1. The Hall–Kier alpha value is -1.37. The first-order valence-electron chi connectivity index (χ1n) is 8.00. The molecule has 1 aromatic heterocycles. The van der Waals surface area contributed by atoms with Crippen molar-refractivity contribution >= 4 is 5.91 Å². The Morgan fingerprint density at radius 2 is 2.00 bits per heavy atom. The lowest BCUT2D eigenvalue weighted by Gasteiger charge is -2.32. The Morgan fingerprint density at radius 3 is 2.64 bits per heavy atom. The number of aliphatic hydroxyl groups excluding tert-OH is 2. The first kappa shape index (κ1) is 15.5. The molecule has 2 N–H and O–H groups in total. The van der Waals surface area contributed by atoms with E-state index in [1.165, 1.54) is 12.5 Å². The molecule has 6 heteroatoms. The van der Waals surface area contributed by atoms with Crippen molar-refractivity contribution in [2.45, 2.75) is 18.9 Å². The summed E-state index contributed by atoms with van der Waals surface area (Å²) in [6, 6.07) is 1.68. The first-order valence-corrected chi connectivity index (χ1v) is 8.00. The van der Waals surface area contributed by atoms with Crippen LogP contribution < -0.4 is 0 Å². The molecule has 22 heavy (non-hydrogen) atoms. The van der Waals surface area contributed by atoms with Gasteiger partial charge in [0.1, 0.15) is 6.26 Å². The zero-order valence-electron chi connectivity index (χ0n) is 12.7. The number of aliphatic hydroxyl groups is 2. The number of carbonyl (C=O) groups excluding carboxylic acids is 1. The van der Waals surface area contributed by atoms with E-state index in [0.717, 1.165) is 32.5 Å². The van der Waals surface area contributed by atoms with Gasteiger partial charge in [-0.2, -0.15) is 0 Å². The van der Waals surface area contributed by atoms with Crippen molar-refractivity contribution in [3.05, 3.63) is 24.2 Å². The van der Waals surface area contributed by atoms with Crippen molar-refractivity contribution in [2.24, 2.45) is 11.8 Å². The lowest BCUT2D eigenvalue weighted by Crippen LogP contribution is -2.40. The van der Waals surface area contributed by atoms with E-state index < -0.39 is 0 Å². The van der Waals surface area contributed by atoms with Gasteiger partial charge in [-0.1, -0.05) is 0 Å². The first-order chi connectivity index (χ1) is 10.7. The van der Waals surface area contributed by atoms with E-state index in [-0.39, 0.29) is 30.5 Å². The zero-order valence-corrected chi connectivity index (χ0v) is 12.7. The summed E-state index contributed by atoms with van der Waals surface area (Å²) >= 11 is 0. The molecular formula is C16H24N2O4. The summed E-state index contributed by atoms with van der Waals surface area (Å²) in [7, 11) is 0. The molecule has 0 unspecified atom stereocenters. The molecule has 3 heterocycles. The second-order valence-electron chi connectivity index (χ2n) is 6.46. The number of hydrogen-bond donors (Lipinski definition) is 2. The van der Waals surface area contributed by atoms with Crippen molar-refractivity contribution < 1.29 is 19.4 Å². The zero-order chi connectivity index (χ0) is 15.5. The Bertz CT molecular complexity index is 482. The molecule has 0 aromatic carbocycles. The Labute approximate surface area is 130 Å². The van der Waals surface area contributed by atoms with Crippen LogP contribution in [0.5, 0.6) is 0 Å². The van der Waals surface area contributed by atoms with E-state index in [1.807, 2.05) is 4.90 Å². The van der Waals surface area contributed by atoms with Gasteiger partial charge < -0.3 is 24.4 Å². The molecule has 1 amide bonds. The average Bonchev–Trinajstić information content (AvgIpc) is 3.18. The normalized spacial score (nSPS) is 27.5. The van der Waals surface area contributed by atoms with Crippen LogP contribution in [0.1, 0.15) is 23.2 Å². The molecule has 2 aliphatic heterocycles. The Balaban J connectivity index is 1.59. The van der Waals surface area contributed by atoms with Crippen molar-refractivity contribution in [1.82, 2.24) is 9.80 Å². The fraction of sp³-hybridized carbons (Fsp3) is 0.688. The largest absolute Gasteiger partial charge is 0.472 e. The minimum Gasteiger partial charge on any atom is -0.472 e. The highest BCUT2D eigenvalue weighted by molar-refractivity contribution is 5.94. The van der Waals surface area contributed by atoms with Gasteiger partial charge in [-0.15, -0.1) is 0 Å². The predicted molar refractivity (Wildman–Crippen MR) is 80.4 cm³/mol. The maximum absolute atomic E-state index is 12.4. The van der Waals surface area contributed by atoms with E-state index >= 15 is 0 Å². The molecule has 1 aromatic rings. The topological polar surface area (TPSA) is 77.2 Å². The molecule has 0 saturated carbocycles. The van der Waals surface area contributed by atoms with Gasteiger partial charge in [0.15, 0.2) is 0 Å². The van der Waals surface area contributed by atoms with Crippen molar-refractivity contribution in [3.8, 4) is 0 Å². The van der Waals surface area contributed by atoms with Crippen LogP contribution in [-0.2, 0) is 0 Å². The standard InChI is InChI=1S/C16H24N2O4/c19-10-14-9-18(16(21)12-3-6-22-11-12)8-13(14)7-17-4-1-15(20)2-5-17/h3,6,11,13-15,19-20H,1-2,4-5,7-10H2/t13-,14-/m1/s1. The third kappa shape index (κ3) is 3.34. The van der Waals surface area contributed by atoms with Gasteiger partial charge in [0.05, 0.1) is 17.9 Å². The van der Waals surface area contributed by atoms with Gasteiger partial charge >= 0.3 is 0 Å². The van der Waals surface area contributed by atoms with Crippen LogP contribution in [0, 0.1) is 11.8 Å². The third-order valence-corrected chi connectivity index (χ3v) is 4.92. The highest BCUT2D eigenvalue weighted by Gasteiger charge is 2.36. The molecule has 0 radical (unpaired) electrons. The molecule has 122 valence electrons. The minimum atomic E-state index is -0.173. The summed E-state index contributed by atoms with van der Waals surface area (Å²) in [4.78, 5) is 16.5. The van der Waals surface area contributed by atoms with Crippen LogP contribution in [0.4, 0.5) is 0 Å². The Kier molecular flexibility index (Phi) is 4.81. The number of piperidine rings is 1. The maximum atomic E-state index is 12.4. The number of carbonyl (C=O) groups is 1. The summed E-state index contributed by atoms with van der Waals surface area (Å²) in [6.45, 7) is 4.05. The smallest absolute Gasteiger partial charge is 0.257 e. The molecule has 0 aliphatic carbocycles. The molecule has 2 fully saturated rings. The fourth-order valence-electron chi connectivity index (χ4n) is 3.52. The molecule has 6 nitrogen and oxygen atoms in total. The third-order valence-electron chi connectivity index (χ3n) is 4.92. The van der Waals surface area contributed by atoms with E-state index in [9.17, 15) is 15.0 Å². The molecule has 0 bridgehead atoms. The molecule has 2 aliphatic rings. The number of likely N-dealkylation sites (tertiary alicyclic amines) is 2. The van der Waals surface area contributed by atoms with Gasteiger partial charge in [0.25, 0.3) is 5.91 Å². The van der Waals surface area contributed by atoms with E-state index in [1.54, 1.807) is 6.07 Å². The second-order valence-corrected chi connectivity index (χ2v) is 6.46. The van der Waals surface area contributed by atoms with Gasteiger partial charge in [-0.05, 0) is 24.8 Å². The molecule has 2 saturated heterocycles. The molecule has 2 atom stereocenters. The van der Waals surface area contributed by atoms with Gasteiger partial charge in [-0.3, -0.25) is 4.79 Å². The number of hydrogen-bond acceptors (Lipinski definition) is 5. The van der Waals surface area contributed by atoms with Gasteiger partial charge in [0.2, 0.25) is 0 Å². The van der Waals surface area contributed by atoms with Crippen molar-refractivity contribution in [2.75, 3.05) is 39.3 Å². The van der Waals surface area contributed by atoms with Crippen LogP contribution in [0.15, 0.2) is 23.0 Å². The van der Waals surface area contributed by atoms with Gasteiger partial charge in [0, 0.05) is 45.2 Å².